The van der Waals surface area contributed by atoms with Crippen LogP contribution in [0.2, 0.25) is 0 Å². The van der Waals surface area contributed by atoms with Crippen LogP contribution >= 0.6 is 0 Å². The number of esters is 1. The molecule has 1 unspecified atom stereocenters. The molecule has 0 saturated carbocycles. The Morgan fingerprint density at radius 1 is 1.24 bits per heavy atom. The molecule has 0 fully saturated rings. The Morgan fingerprint density at radius 2 is 1.82 bits per heavy atom. The van der Waals surface area contributed by atoms with E-state index in [4.69, 9.17) is 0 Å². The second-order valence-corrected chi connectivity index (χ2v) is 2.90. The third-order valence-electron chi connectivity index (χ3n) is 1.81. The molecule has 0 saturated heterocycles. The number of hydrogen-bond acceptors (Lipinski definition) is 5. The summed E-state index contributed by atoms with van der Waals surface area (Å²) in [6.45, 7) is -1.81. The zero-order valence-electron chi connectivity index (χ0n) is 9.55. The number of halogens is 2. The van der Waals surface area contributed by atoms with Crippen molar-refractivity contribution in [3.8, 4) is 0 Å². The van der Waals surface area contributed by atoms with Gasteiger partial charge in [0.15, 0.2) is 0 Å². The van der Waals surface area contributed by atoms with E-state index in [0.29, 0.717) is 0 Å². The van der Waals surface area contributed by atoms with Crippen molar-refractivity contribution in [2.45, 2.75) is 19.6 Å². The van der Waals surface area contributed by atoms with Crippen molar-refractivity contribution in [2.75, 3.05) is 14.2 Å². The molecule has 2 atom stereocenters. The Labute approximate surface area is 96.5 Å². The van der Waals surface area contributed by atoms with Gasteiger partial charge in [-0.25, -0.2) is 4.79 Å². The van der Waals surface area contributed by atoms with Crippen molar-refractivity contribution in [3.05, 3.63) is 0 Å². The second kappa shape index (κ2) is 7.66. The molecule has 1 amide bonds. The predicted molar refractivity (Wildman–Crippen MR) is 53.0 cm³/mol. The topological polar surface area (TPSA) is 74.2 Å². The van der Waals surface area contributed by atoms with Gasteiger partial charge in [-0.1, -0.05) is 0 Å². The Kier molecular flexibility index (Phi) is 6.95. The minimum atomic E-state index is -3.04. The average Bonchev–Trinajstić information content (AvgIpc) is 2.27. The quantitative estimate of drug-likeness (QED) is 0.544. The molecular weight excluding hydrogens is 240 g/mol. The third kappa shape index (κ3) is 5.91. The molecule has 0 rings (SSSR count). The highest BCUT2D eigenvalue weighted by Crippen LogP contribution is 2.12. The molecule has 0 aliphatic carbocycles. The van der Waals surface area contributed by atoms with E-state index < -0.39 is 30.7 Å². The van der Waals surface area contributed by atoms with Gasteiger partial charge in [-0.2, -0.15) is 13.8 Å². The van der Waals surface area contributed by atoms with Gasteiger partial charge >= 0.3 is 18.7 Å². The molecule has 0 aromatic carbocycles. The van der Waals surface area contributed by atoms with Crippen LogP contribution in [-0.4, -0.2) is 45.2 Å². The molecule has 0 heterocycles. The largest absolute Gasteiger partial charge is 0.468 e. The maximum Gasteiger partial charge on any atom is 0.432 e. The number of amides is 1. The van der Waals surface area contributed by atoms with E-state index in [0.717, 1.165) is 20.4 Å². The zero-order valence-corrected chi connectivity index (χ0v) is 9.55. The lowest BCUT2D eigenvalue weighted by molar-refractivity contribution is -0.175. The lowest BCUT2D eigenvalue weighted by atomic mass is 10.1. The van der Waals surface area contributed by atoms with Gasteiger partial charge in [0.2, 0.25) is 0 Å². The van der Waals surface area contributed by atoms with Crippen molar-refractivity contribution in [1.82, 2.24) is 0 Å². The zero-order chi connectivity index (χ0) is 13.4. The van der Waals surface area contributed by atoms with E-state index in [-0.39, 0.29) is 0 Å². The monoisotopic (exact) mass is 253 g/mol. The highest BCUT2D eigenvalue weighted by Gasteiger charge is 2.27. The fraction of sp³-hybridized carbons (Fsp3) is 0.667. The second-order valence-electron chi connectivity index (χ2n) is 2.90. The van der Waals surface area contributed by atoms with Gasteiger partial charge in [-0.05, 0) is 6.92 Å². The van der Waals surface area contributed by atoms with Gasteiger partial charge in [0.1, 0.15) is 5.92 Å². The summed E-state index contributed by atoms with van der Waals surface area (Å²) in [7, 11) is 2.17. The Morgan fingerprint density at radius 3 is 2.24 bits per heavy atom. The smallest absolute Gasteiger partial charge is 0.432 e. The van der Waals surface area contributed by atoms with E-state index in [1.54, 1.807) is 0 Å². The summed E-state index contributed by atoms with van der Waals surface area (Å²) in [4.78, 5) is 25.2. The molecule has 0 radical (unpaired) electrons. The van der Waals surface area contributed by atoms with Crippen LogP contribution in [-0.2, 0) is 19.0 Å². The number of rotatable bonds is 5. The van der Waals surface area contributed by atoms with Crippen LogP contribution < -0.4 is 0 Å². The van der Waals surface area contributed by atoms with Gasteiger partial charge in [0.05, 0.1) is 20.3 Å². The first-order valence-corrected chi connectivity index (χ1v) is 4.56. The number of carbonyl (C=O) groups excluding carboxylic acids is 2. The number of methoxy groups -OCH3 is 2. The van der Waals surface area contributed by atoms with Crippen molar-refractivity contribution >= 4 is 18.3 Å². The van der Waals surface area contributed by atoms with Crippen LogP contribution in [0.25, 0.3) is 0 Å². The lowest BCUT2D eigenvalue weighted by Crippen LogP contribution is -2.32. The lowest BCUT2D eigenvalue weighted by Gasteiger charge is -2.17. The molecule has 0 N–H and O–H groups in total. The van der Waals surface area contributed by atoms with Crippen LogP contribution in [0.15, 0.2) is 4.99 Å². The van der Waals surface area contributed by atoms with Crippen LogP contribution in [0, 0.1) is 5.92 Å². The van der Waals surface area contributed by atoms with Gasteiger partial charge < -0.3 is 14.2 Å². The van der Waals surface area contributed by atoms with Gasteiger partial charge in [-0.15, -0.1) is 0 Å². The maximum atomic E-state index is 12.0. The van der Waals surface area contributed by atoms with Crippen LogP contribution in [0.1, 0.15) is 6.92 Å². The highest BCUT2D eigenvalue weighted by molar-refractivity contribution is 5.94. The van der Waals surface area contributed by atoms with Gasteiger partial charge in [-0.3, -0.25) is 4.79 Å². The summed E-state index contributed by atoms with van der Waals surface area (Å²) in [6, 6.07) is 0. The van der Waals surface area contributed by atoms with Crippen LogP contribution in [0.3, 0.4) is 0 Å². The number of aliphatic imine (C=N–C) groups is 1. The van der Waals surface area contributed by atoms with Crippen LogP contribution in [0.5, 0.6) is 0 Å². The molecule has 0 spiro atoms. The molecular formula is C9H13F2NO5. The molecule has 98 valence electrons. The molecule has 0 aliphatic heterocycles. The van der Waals surface area contributed by atoms with E-state index >= 15 is 0 Å². The number of nitrogens with zero attached hydrogens (tertiary/aromatic N) is 1. The van der Waals surface area contributed by atoms with E-state index in [2.05, 4.69) is 19.2 Å². The Balaban J connectivity index is 4.70. The molecule has 0 aliphatic rings. The van der Waals surface area contributed by atoms with E-state index in [1.165, 1.54) is 6.92 Å². The maximum absolute atomic E-state index is 12.0. The minimum Gasteiger partial charge on any atom is -0.468 e. The Hall–Kier alpha value is -1.57. The minimum absolute atomic E-state index is 0.842. The molecule has 0 aromatic heterocycles. The molecule has 17 heavy (non-hydrogen) atoms. The first-order valence-electron chi connectivity index (χ1n) is 4.56. The summed E-state index contributed by atoms with van der Waals surface area (Å²) in [5.41, 5.74) is 0. The van der Waals surface area contributed by atoms with E-state index in [9.17, 15) is 18.4 Å². The number of ether oxygens (including phenoxy) is 3. The summed E-state index contributed by atoms with van der Waals surface area (Å²) in [6.07, 6.45) is -1.29. The van der Waals surface area contributed by atoms with Crippen molar-refractivity contribution in [2.24, 2.45) is 10.9 Å². The number of alkyl halides is 2. The third-order valence-corrected chi connectivity index (χ3v) is 1.81. The summed E-state index contributed by atoms with van der Waals surface area (Å²) >= 11 is 0. The average molecular weight is 253 g/mol. The van der Waals surface area contributed by atoms with Gasteiger partial charge in [0.25, 0.3) is 0 Å². The van der Waals surface area contributed by atoms with Crippen LogP contribution in [0.4, 0.5) is 13.6 Å². The van der Waals surface area contributed by atoms with Gasteiger partial charge in [0, 0.05) is 6.21 Å². The standard InChI is InChI=1S/C9H13F2NO5/c1-5(17-8(10)11)6(7(13)15-2)4-12-9(14)16-3/h4-6,8H,1-3H3/t5-,6?/m1/s1. The molecule has 6 nitrogen and oxygen atoms in total. The fourth-order valence-corrected chi connectivity index (χ4v) is 0.951. The summed E-state index contributed by atoms with van der Waals surface area (Å²) < 4.78 is 36.6. The SMILES string of the molecule is COC(=O)N=CC(C(=O)OC)[C@@H](C)OC(F)F. The fourth-order valence-electron chi connectivity index (χ4n) is 0.951. The summed E-state index contributed by atoms with van der Waals surface area (Å²) in [5, 5.41) is 0. The van der Waals surface area contributed by atoms with Crippen molar-refractivity contribution in [1.29, 1.82) is 0 Å². The number of hydrogen-bond donors (Lipinski definition) is 0. The molecule has 0 aromatic rings. The molecule has 8 heteroatoms. The normalized spacial score (nSPS) is 14.7. The molecule has 0 bridgehead atoms. The first kappa shape index (κ1) is 15.4. The van der Waals surface area contributed by atoms with Crippen molar-refractivity contribution in [3.63, 3.8) is 0 Å². The first-order chi connectivity index (χ1) is 7.92. The summed E-state index contributed by atoms with van der Waals surface area (Å²) in [5.74, 6) is -2.06. The van der Waals surface area contributed by atoms with E-state index in [1.807, 2.05) is 0 Å². The number of carbonyl (C=O) groups is 2. The predicted octanol–water partition coefficient (Wildman–Crippen LogP) is 1.24. The Bertz CT molecular complexity index is 295. The highest BCUT2D eigenvalue weighted by atomic mass is 19.3. The van der Waals surface area contributed by atoms with Crippen molar-refractivity contribution < 1.29 is 32.6 Å².